The molecule has 0 N–H and O–H groups in total. The van der Waals surface area contributed by atoms with E-state index in [0.29, 0.717) is 69.3 Å². The molecule has 390 valence electrons. The first kappa shape index (κ1) is 85.2. The Morgan fingerprint density at radius 1 is 0.348 bits per heavy atom. The van der Waals surface area contributed by atoms with Crippen molar-refractivity contribution in [2.24, 2.45) is 11.8 Å². The molecule has 24 heteroatoms. The van der Waals surface area contributed by atoms with Gasteiger partial charge in [-0.3, -0.25) is 28.8 Å². The van der Waals surface area contributed by atoms with Gasteiger partial charge in [0.1, 0.15) is 34.7 Å². The van der Waals surface area contributed by atoms with Gasteiger partial charge in [-0.15, -0.1) is 0 Å². The van der Waals surface area contributed by atoms with E-state index in [2.05, 4.69) is 81.4 Å². The van der Waals surface area contributed by atoms with Crippen LogP contribution in [0.1, 0.15) is 186 Å². The van der Waals surface area contributed by atoms with Crippen molar-refractivity contribution in [1.29, 1.82) is 0 Å². The van der Waals surface area contributed by atoms with E-state index >= 15 is 0 Å². The standard InChI is InChI=1S/4C6H10O3.2C5H8O3.2C4H9O.C3H7O.3Al/c4*1-2-3-5(7)4-6(8)9;2*1-2-4(6)3-5(7)8;2*1-4(2)3-5;1-3(2)4;;;/h4*2-4H2,1H3,(H,8,9);2*2-3H2,1H3,(H,7,8);2*4H,3H2,1-2H3;3H,1-2H3;;;/q;;;;;;3*-1;3*+3/p-6. The summed E-state index contributed by atoms with van der Waals surface area (Å²) in [4.78, 5) is 120. The predicted octanol–water partition coefficient (Wildman–Crippen LogP) is -1.83. The number of aliphatic carboxylic acids is 6. The van der Waals surface area contributed by atoms with E-state index in [1.807, 2.05) is 41.5 Å². The van der Waals surface area contributed by atoms with Crippen LogP contribution >= 0.6 is 0 Å². The predicted molar refractivity (Wildman–Crippen MR) is 243 cm³/mol. The molecule has 0 unspecified atom stereocenters. The number of ketones is 6. The van der Waals surface area contributed by atoms with Crippen LogP contribution in [0.5, 0.6) is 0 Å². The van der Waals surface area contributed by atoms with Gasteiger partial charge in [0.25, 0.3) is 0 Å². The van der Waals surface area contributed by atoms with E-state index in [9.17, 15) is 88.2 Å². The number of carboxylic acids is 6. The molecular formula is C45H75Al3O21. The minimum Gasteiger partial charge on any atom is -0.550 e. The van der Waals surface area contributed by atoms with Gasteiger partial charge in [0.05, 0.1) is 0 Å². The molecule has 0 fully saturated rings. The molecule has 21 nitrogen and oxygen atoms in total. The number of hydrogen-bond donors (Lipinski definition) is 0. The third kappa shape index (κ3) is 127. The number of carbonyl (C=O) groups is 12. The second kappa shape index (κ2) is 66.4. The normalized spacial score (nSPS) is 9.17. The molecule has 0 amide bonds. The first-order valence-corrected chi connectivity index (χ1v) is 23.5. The van der Waals surface area contributed by atoms with E-state index in [-0.39, 0.29) is 47.5 Å². The monoisotopic (exact) mass is 1030 g/mol. The summed E-state index contributed by atoms with van der Waals surface area (Å²) >= 11 is 6.64. The number of hydrogen-bond acceptors (Lipinski definition) is 21. The summed E-state index contributed by atoms with van der Waals surface area (Å²) in [5.41, 5.74) is 0. The van der Waals surface area contributed by atoms with Crippen LogP contribution in [-0.2, 0) is 68.9 Å². The van der Waals surface area contributed by atoms with Gasteiger partial charge < -0.3 is 59.4 Å². The Morgan fingerprint density at radius 3 is 0.565 bits per heavy atom. The second-order valence-corrected chi connectivity index (χ2v) is 15.8. The zero-order valence-electron chi connectivity index (χ0n) is 42.8. The van der Waals surface area contributed by atoms with Crippen molar-refractivity contribution in [3.63, 3.8) is 0 Å². The van der Waals surface area contributed by atoms with Crippen LogP contribution in [-0.4, -0.2) is 140 Å². The fourth-order valence-electron chi connectivity index (χ4n) is 3.07. The summed E-state index contributed by atoms with van der Waals surface area (Å²) in [6.45, 7) is 24.6. The molecule has 0 bridgehead atoms. The van der Waals surface area contributed by atoms with Gasteiger partial charge in [-0.25, -0.2) is 0 Å². The molecule has 0 aromatic rings. The summed E-state index contributed by atoms with van der Waals surface area (Å²) in [7, 11) is 0. The Balaban J connectivity index is -0.0000000843. The molecule has 0 aliphatic rings. The van der Waals surface area contributed by atoms with Crippen molar-refractivity contribution in [3.05, 3.63) is 0 Å². The van der Waals surface area contributed by atoms with Crippen molar-refractivity contribution in [2.45, 2.75) is 192 Å². The third-order valence-corrected chi connectivity index (χ3v) is 7.01. The van der Waals surface area contributed by atoms with E-state index < -0.39 is 74.3 Å². The fourth-order valence-corrected chi connectivity index (χ4v) is 3.84. The summed E-state index contributed by atoms with van der Waals surface area (Å²) in [5.74, 6) is -8.00. The Labute approximate surface area is 434 Å². The maximum Gasteiger partial charge on any atom is 0.138 e. The molecule has 0 saturated heterocycles. The first-order valence-electron chi connectivity index (χ1n) is 22.1. The summed E-state index contributed by atoms with van der Waals surface area (Å²) < 4.78 is 14.1. The second-order valence-electron chi connectivity index (χ2n) is 14.9. The van der Waals surface area contributed by atoms with Gasteiger partial charge >= 0.3 is 134 Å². The summed E-state index contributed by atoms with van der Waals surface area (Å²) in [6.07, 6.45) is 2.42. The summed E-state index contributed by atoms with van der Waals surface area (Å²) in [5, 5.41) is 58.3. The van der Waals surface area contributed by atoms with E-state index in [1.165, 1.54) is 0 Å². The van der Waals surface area contributed by atoms with Crippen molar-refractivity contribution in [2.75, 3.05) is 13.2 Å². The van der Waals surface area contributed by atoms with Crippen LogP contribution < -0.4 is 30.6 Å². The molecule has 0 aromatic heterocycles. The topological polar surface area (TPSA) is 371 Å². The van der Waals surface area contributed by atoms with Gasteiger partial charge in [-0.1, -0.05) is 41.5 Å². The van der Waals surface area contributed by atoms with Crippen molar-refractivity contribution in [1.82, 2.24) is 0 Å². The minimum absolute atomic E-state index is 0.252. The van der Waals surface area contributed by atoms with Gasteiger partial charge in [-0.2, -0.15) is 0 Å². The van der Waals surface area contributed by atoms with Gasteiger partial charge in [-0.05, 0) is 25.7 Å². The maximum absolute atomic E-state index is 10.4. The van der Waals surface area contributed by atoms with Gasteiger partial charge in [0, 0.05) is 113 Å². The average Bonchev–Trinajstić information content (AvgIpc) is 3.18. The van der Waals surface area contributed by atoms with Crippen LogP contribution in [0.2, 0.25) is 0 Å². The Bertz CT molecular complexity index is 1230. The fraction of sp³-hybridized carbons (Fsp3) is 0.733. The molecule has 0 saturated carbocycles. The quantitative estimate of drug-likeness (QED) is 0.0645. The molecular weight excluding hydrogens is 957 g/mol. The zero-order valence-corrected chi connectivity index (χ0v) is 46.2. The molecule has 0 aromatic carbocycles. The molecule has 0 radical (unpaired) electrons. The minimum atomic E-state index is -1.29. The SMILES string of the molecule is CC(C)C[O][Al+2].CC(C)C[O][Al+2].CC(C)[O][Al+2].CCC(=O)CC(=O)[O-].CCC(=O)CC(=O)[O-].CCCC(=O)CC(=O)[O-].CCCC(=O)CC(=O)[O-].CCCC(=O)CC(=O)[O-].CCCC(=O)CC(=O)[O-]. The Morgan fingerprint density at radius 2 is 0.507 bits per heavy atom. The Hall–Kier alpha value is -3.68. The molecule has 0 atom stereocenters. The van der Waals surface area contributed by atoms with Crippen molar-refractivity contribution < 1.29 is 99.5 Å². The van der Waals surface area contributed by atoms with Crippen LogP contribution in [0.15, 0.2) is 0 Å². The van der Waals surface area contributed by atoms with Crippen LogP contribution in [0.4, 0.5) is 0 Å². The molecule has 0 heterocycles. The zero-order chi connectivity index (χ0) is 56.5. The molecule has 0 aliphatic heterocycles. The molecule has 0 spiro atoms. The molecule has 0 rings (SSSR count). The Kier molecular flexibility index (Phi) is 82.0. The number of rotatable bonds is 27. The first-order chi connectivity index (χ1) is 31.8. The van der Waals surface area contributed by atoms with Crippen LogP contribution in [0.25, 0.3) is 0 Å². The van der Waals surface area contributed by atoms with Gasteiger partial charge in [0.15, 0.2) is 0 Å². The van der Waals surface area contributed by atoms with E-state index in [4.69, 9.17) is 7.58 Å². The average molecular weight is 1030 g/mol. The molecule has 0 aliphatic carbocycles. The smallest absolute Gasteiger partial charge is 0.138 e. The van der Waals surface area contributed by atoms with Crippen LogP contribution in [0, 0.1) is 11.8 Å². The van der Waals surface area contributed by atoms with Crippen molar-refractivity contribution in [3.8, 4) is 0 Å². The van der Waals surface area contributed by atoms with E-state index in [1.54, 1.807) is 13.8 Å². The largest absolute Gasteiger partial charge is 0.550 e. The summed E-state index contributed by atoms with van der Waals surface area (Å²) in [6, 6.07) is 0. The number of Topliss-reactive ketones (excluding diaryl/α,β-unsaturated/α-hetero) is 6. The number of carbonyl (C=O) groups excluding carboxylic acids is 12. The van der Waals surface area contributed by atoms with Gasteiger partial charge in [0.2, 0.25) is 0 Å². The molecule has 69 heavy (non-hydrogen) atoms. The maximum atomic E-state index is 10.4. The third-order valence-electron chi connectivity index (χ3n) is 6.08. The number of carboxylic acid groups (broad SMARTS) is 6. The van der Waals surface area contributed by atoms with E-state index in [0.717, 1.165) is 13.2 Å². The van der Waals surface area contributed by atoms with Crippen LogP contribution in [0.3, 0.4) is 0 Å². The van der Waals surface area contributed by atoms with Crippen molar-refractivity contribution >= 4 is 120 Å².